The van der Waals surface area contributed by atoms with Gasteiger partial charge in [0, 0.05) is 0 Å². The average molecular weight is 358 g/mol. The van der Waals surface area contributed by atoms with Gasteiger partial charge in [0.05, 0.1) is 17.7 Å². The van der Waals surface area contributed by atoms with E-state index in [9.17, 15) is 10.0 Å². The first-order valence-corrected chi connectivity index (χ1v) is 12.0. The number of oxime groups is 1. The van der Waals surface area contributed by atoms with Gasteiger partial charge in [-0.25, -0.2) is 0 Å². The van der Waals surface area contributed by atoms with Crippen LogP contribution in [0.15, 0.2) is 5.16 Å². The molecule has 1 aliphatic rings. The molecule has 1 aliphatic carbocycles. The molecule has 0 aromatic carbocycles. The topological polar surface area (TPSA) is 68.1 Å². The summed E-state index contributed by atoms with van der Waals surface area (Å²) < 4.78 is 12.0. The normalized spacial score (nSPS) is 20.5. The van der Waals surface area contributed by atoms with Crippen LogP contribution in [0.4, 0.5) is 0 Å². The number of carbonyl (C=O) groups is 1. The Balaban J connectivity index is 3.31. The fourth-order valence-corrected chi connectivity index (χ4v) is 4.49. The molecular formula is C18H35NO4Si. The van der Waals surface area contributed by atoms with E-state index in [-0.39, 0.29) is 11.0 Å². The quantitative estimate of drug-likeness (QED) is 0.245. The van der Waals surface area contributed by atoms with Crippen molar-refractivity contribution in [2.24, 2.45) is 10.6 Å². The van der Waals surface area contributed by atoms with Crippen LogP contribution in [0.25, 0.3) is 0 Å². The molecule has 5 nitrogen and oxygen atoms in total. The summed E-state index contributed by atoms with van der Waals surface area (Å²) >= 11 is 0. The van der Waals surface area contributed by atoms with E-state index in [0.29, 0.717) is 12.3 Å². The lowest BCUT2D eigenvalue weighted by Gasteiger charge is -2.46. The van der Waals surface area contributed by atoms with Gasteiger partial charge < -0.3 is 14.4 Å². The lowest BCUT2D eigenvalue weighted by atomic mass is 9.69. The molecule has 0 spiro atoms. The van der Waals surface area contributed by atoms with Crippen molar-refractivity contribution in [3.05, 3.63) is 0 Å². The zero-order valence-corrected chi connectivity index (χ0v) is 17.4. The van der Waals surface area contributed by atoms with Gasteiger partial charge in [-0.2, -0.15) is 0 Å². The first kappa shape index (κ1) is 21.2. The van der Waals surface area contributed by atoms with Gasteiger partial charge in [0.1, 0.15) is 6.10 Å². The Morgan fingerprint density at radius 2 is 1.79 bits per heavy atom. The van der Waals surface area contributed by atoms with Crippen LogP contribution in [-0.4, -0.2) is 37.9 Å². The summed E-state index contributed by atoms with van der Waals surface area (Å²) in [5.41, 5.74) is -0.269. The van der Waals surface area contributed by atoms with E-state index < -0.39 is 19.8 Å². The first-order chi connectivity index (χ1) is 11.0. The zero-order chi connectivity index (χ0) is 18.6. The van der Waals surface area contributed by atoms with Crippen molar-refractivity contribution in [2.45, 2.75) is 91.0 Å². The van der Waals surface area contributed by atoms with Gasteiger partial charge in [-0.15, -0.1) is 0 Å². The van der Waals surface area contributed by atoms with Crippen LogP contribution < -0.4 is 0 Å². The standard InChI is InChI=1S/C18H35NO4Si/c1-8-22-16(20)18(12-10-9-11-13-18)15(14(2)19-21)23-24(6,7)17(3,4)5/h15,21H,8-13H2,1-7H3/b19-14+. The monoisotopic (exact) mass is 357 g/mol. The van der Waals surface area contributed by atoms with Gasteiger partial charge in [-0.3, -0.25) is 4.79 Å². The lowest BCUT2D eigenvalue weighted by Crippen LogP contribution is -2.55. The van der Waals surface area contributed by atoms with Crippen molar-refractivity contribution in [3.8, 4) is 0 Å². The summed E-state index contributed by atoms with van der Waals surface area (Å²) in [5.74, 6) is -0.212. The molecule has 1 saturated carbocycles. The number of rotatable bonds is 6. The van der Waals surface area contributed by atoms with Gasteiger partial charge in [-0.1, -0.05) is 45.2 Å². The molecule has 1 N–H and O–H groups in total. The molecule has 0 radical (unpaired) electrons. The van der Waals surface area contributed by atoms with Gasteiger partial charge in [0.15, 0.2) is 8.32 Å². The third-order valence-electron chi connectivity index (χ3n) is 5.69. The number of nitrogens with zero attached hydrogens (tertiary/aromatic N) is 1. The molecule has 1 unspecified atom stereocenters. The summed E-state index contributed by atoms with van der Waals surface area (Å²) in [7, 11) is -2.15. The van der Waals surface area contributed by atoms with Gasteiger partial charge >= 0.3 is 5.97 Å². The second-order valence-corrected chi connectivity index (χ2v) is 13.2. The molecule has 6 heteroatoms. The Labute approximate surface area is 147 Å². The molecule has 0 heterocycles. The van der Waals surface area contributed by atoms with E-state index in [1.165, 1.54) is 0 Å². The molecule has 140 valence electrons. The fourth-order valence-electron chi connectivity index (χ4n) is 3.15. The highest BCUT2D eigenvalue weighted by Crippen LogP contribution is 2.46. The van der Waals surface area contributed by atoms with E-state index >= 15 is 0 Å². The molecule has 1 rings (SSSR count). The van der Waals surface area contributed by atoms with Crippen molar-refractivity contribution in [1.29, 1.82) is 0 Å². The summed E-state index contributed by atoms with van der Waals surface area (Å²) in [4.78, 5) is 12.9. The Hall–Kier alpha value is -0.883. The number of esters is 1. The summed E-state index contributed by atoms with van der Waals surface area (Å²) in [6, 6.07) is 0. The van der Waals surface area contributed by atoms with E-state index in [2.05, 4.69) is 39.0 Å². The maximum absolute atomic E-state index is 12.9. The molecule has 1 fully saturated rings. The second-order valence-electron chi connectivity index (χ2n) is 8.44. The molecule has 0 aromatic rings. The average Bonchev–Trinajstić information content (AvgIpc) is 2.51. The highest BCUT2D eigenvalue weighted by molar-refractivity contribution is 6.74. The van der Waals surface area contributed by atoms with Crippen molar-refractivity contribution in [1.82, 2.24) is 0 Å². The highest BCUT2D eigenvalue weighted by atomic mass is 28.4. The number of hydrogen-bond acceptors (Lipinski definition) is 5. The molecule has 0 aromatic heterocycles. The smallest absolute Gasteiger partial charge is 0.315 e. The minimum Gasteiger partial charge on any atom is -0.465 e. The van der Waals surface area contributed by atoms with Crippen LogP contribution >= 0.6 is 0 Å². The zero-order valence-electron chi connectivity index (χ0n) is 16.4. The maximum atomic E-state index is 12.9. The maximum Gasteiger partial charge on any atom is 0.315 e. The van der Waals surface area contributed by atoms with Crippen LogP contribution in [0.5, 0.6) is 0 Å². The van der Waals surface area contributed by atoms with E-state index in [4.69, 9.17) is 9.16 Å². The van der Waals surface area contributed by atoms with E-state index in [1.807, 2.05) is 6.92 Å². The first-order valence-electron chi connectivity index (χ1n) is 9.05. The molecular weight excluding hydrogens is 322 g/mol. The van der Waals surface area contributed by atoms with Crippen molar-refractivity contribution in [3.63, 3.8) is 0 Å². The van der Waals surface area contributed by atoms with Crippen LogP contribution in [0.2, 0.25) is 18.1 Å². The minimum atomic E-state index is -2.15. The highest BCUT2D eigenvalue weighted by Gasteiger charge is 2.53. The van der Waals surface area contributed by atoms with Crippen molar-refractivity contribution in [2.75, 3.05) is 6.61 Å². The van der Waals surface area contributed by atoms with Gasteiger partial charge in [-0.05, 0) is 44.8 Å². The third kappa shape index (κ3) is 4.39. The number of carbonyl (C=O) groups excluding carboxylic acids is 1. The Bertz CT molecular complexity index is 462. The SMILES string of the molecule is CCOC(=O)C1(C(O[Si](C)(C)C(C)(C)C)/C(C)=N/O)CCCCC1. The summed E-state index contributed by atoms with van der Waals surface area (Å²) in [6.45, 7) is 14.7. The van der Waals surface area contributed by atoms with Crippen LogP contribution in [0.1, 0.15) is 66.7 Å². The van der Waals surface area contributed by atoms with Crippen LogP contribution in [0.3, 0.4) is 0 Å². The lowest BCUT2D eigenvalue weighted by molar-refractivity contribution is -0.162. The Morgan fingerprint density at radius 1 is 1.25 bits per heavy atom. The molecule has 24 heavy (non-hydrogen) atoms. The molecule has 0 saturated heterocycles. The predicted molar refractivity (Wildman–Crippen MR) is 99.1 cm³/mol. The van der Waals surface area contributed by atoms with Crippen LogP contribution in [-0.2, 0) is 14.0 Å². The summed E-state index contributed by atoms with van der Waals surface area (Å²) in [5, 5.41) is 12.9. The van der Waals surface area contributed by atoms with Gasteiger partial charge in [0.2, 0.25) is 0 Å². The molecule has 0 amide bonds. The van der Waals surface area contributed by atoms with Crippen LogP contribution in [0, 0.1) is 5.41 Å². The molecule has 0 bridgehead atoms. The van der Waals surface area contributed by atoms with Crippen molar-refractivity contribution < 1.29 is 19.2 Å². The number of ether oxygens (including phenoxy) is 1. The van der Waals surface area contributed by atoms with Crippen molar-refractivity contribution >= 4 is 20.0 Å². The number of hydrogen-bond donors (Lipinski definition) is 1. The second kappa shape index (κ2) is 8.00. The molecule has 0 aliphatic heterocycles. The Morgan fingerprint density at radius 3 is 2.21 bits per heavy atom. The summed E-state index contributed by atoms with van der Waals surface area (Å²) in [6.07, 6.45) is 3.96. The molecule has 1 atom stereocenters. The fraction of sp³-hybridized carbons (Fsp3) is 0.889. The van der Waals surface area contributed by atoms with Gasteiger partial charge in [0.25, 0.3) is 0 Å². The Kier molecular flexibility index (Phi) is 7.05. The third-order valence-corrected chi connectivity index (χ3v) is 10.1. The minimum absolute atomic E-state index is 0.00546. The van der Waals surface area contributed by atoms with E-state index in [1.54, 1.807) is 6.92 Å². The predicted octanol–water partition coefficient (Wildman–Crippen LogP) is 4.74. The van der Waals surface area contributed by atoms with E-state index in [0.717, 1.165) is 32.1 Å². The largest absolute Gasteiger partial charge is 0.465 e.